The van der Waals surface area contributed by atoms with Gasteiger partial charge in [0.15, 0.2) is 0 Å². The lowest BCUT2D eigenvalue weighted by molar-refractivity contribution is -0.136. The van der Waals surface area contributed by atoms with Crippen LogP contribution in [-0.4, -0.2) is 6.18 Å². The van der Waals surface area contributed by atoms with Gasteiger partial charge in [0.25, 0.3) is 0 Å². The van der Waals surface area contributed by atoms with Crippen molar-refractivity contribution in [2.75, 3.05) is 0 Å². The van der Waals surface area contributed by atoms with Crippen LogP contribution in [0.2, 0.25) is 0 Å². The summed E-state index contributed by atoms with van der Waals surface area (Å²) in [6, 6.07) is 8.11. The van der Waals surface area contributed by atoms with Crippen LogP contribution >= 0.6 is 15.9 Å². The summed E-state index contributed by atoms with van der Waals surface area (Å²) in [4.78, 5) is 0. The molecular formula is C10H7BrF3N. The molecule has 1 aromatic rings. The van der Waals surface area contributed by atoms with Crippen molar-refractivity contribution in [3.8, 4) is 6.07 Å². The Labute approximate surface area is 93.6 Å². The minimum Gasteiger partial charge on any atom is -0.198 e. The largest absolute Gasteiger partial charge is 0.390 e. The maximum absolute atomic E-state index is 12.1. The molecule has 0 aromatic heterocycles. The highest BCUT2D eigenvalue weighted by atomic mass is 79.9. The van der Waals surface area contributed by atoms with E-state index in [0.29, 0.717) is 10.0 Å². The first kappa shape index (κ1) is 12.1. The Morgan fingerprint density at radius 2 is 1.93 bits per heavy atom. The Hall–Kier alpha value is -1.02. The summed E-state index contributed by atoms with van der Waals surface area (Å²) in [6.45, 7) is 0. The third-order valence-electron chi connectivity index (χ3n) is 1.87. The zero-order valence-corrected chi connectivity index (χ0v) is 9.14. The summed E-state index contributed by atoms with van der Waals surface area (Å²) in [6.07, 6.45) is -5.44. The molecule has 0 heterocycles. The van der Waals surface area contributed by atoms with E-state index in [1.165, 1.54) is 6.07 Å². The molecule has 15 heavy (non-hydrogen) atoms. The number of nitrogens with zero attached hydrogens (tertiary/aromatic N) is 1. The number of nitriles is 1. The molecule has 0 radical (unpaired) electrons. The van der Waals surface area contributed by atoms with Crippen LogP contribution in [0.4, 0.5) is 13.2 Å². The smallest absolute Gasteiger partial charge is 0.198 e. The average Bonchev–Trinajstić information content (AvgIpc) is 2.14. The Bertz CT molecular complexity index is 381. The third-order valence-corrected chi connectivity index (χ3v) is 2.59. The van der Waals surface area contributed by atoms with Gasteiger partial charge in [0.05, 0.1) is 18.4 Å². The first-order chi connectivity index (χ1) is 6.94. The summed E-state index contributed by atoms with van der Waals surface area (Å²) < 4.78 is 37.0. The van der Waals surface area contributed by atoms with Gasteiger partial charge in [-0.1, -0.05) is 34.1 Å². The third kappa shape index (κ3) is 3.56. The van der Waals surface area contributed by atoms with E-state index in [9.17, 15) is 13.2 Å². The minimum absolute atomic E-state index is 0.373. The molecule has 0 bridgehead atoms. The molecule has 1 aromatic carbocycles. The van der Waals surface area contributed by atoms with Crippen molar-refractivity contribution >= 4 is 15.9 Å². The maximum atomic E-state index is 12.1. The summed E-state index contributed by atoms with van der Waals surface area (Å²) in [5, 5.41) is 8.70. The van der Waals surface area contributed by atoms with Crippen molar-refractivity contribution in [3.05, 3.63) is 34.3 Å². The molecule has 0 saturated carbocycles. The van der Waals surface area contributed by atoms with Crippen molar-refractivity contribution in [2.45, 2.75) is 18.5 Å². The molecule has 0 spiro atoms. The van der Waals surface area contributed by atoms with Gasteiger partial charge in [-0.2, -0.15) is 18.4 Å². The van der Waals surface area contributed by atoms with E-state index in [0.717, 1.165) is 0 Å². The molecule has 1 unspecified atom stereocenters. The fourth-order valence-corrected chi connectivity index (χ4v) is 1.78. The second-order valence-electron chi connectivity index (χ2n) is 3.02. The van der Waals surface area contributed by atoms with Gasteiger partial charge in [0.2, 0.25) is 0 Å². The molecule has 1 nitrogen and oxygen atoms in total. The van der Waals surface area contributed by atoms with Crippen molar-refractivity contribution in [3.63, 3.8) is 0 Å². The summed E-state index contributed by atoms with van der Waals surface area (Å²) in [5.74, 6) is -1.15. The second kappa shape index (κ2) is 4.67. The SMILES string of the molecule is N#CC(CC(F)(F)F)c1ccccc1Br. The van der Waals surface area contributed by atoms with E-state index in [2.05, 4.69) is 15.9 Å². The van der Waals surface area contributed by atoms with Crippen LogP contribution in [0.3, 0.4) is 0 Å². The van der Waals surface area contributed by atoms with Crippen LogP contribution in [-0.2, 0) is 0 Å². The van der Waals surface area contributed by atoms with E-state index in [1.807, 2.05) is 0 Å². The molecule has 0 aliphatic carbocycles. The average molecular weight is 278 g/mol. The minimum atomic E-state index is -4.32. The van der Waals surface area contributed by atoms with Crippen LogP contribution in [0.25, 0.3) is 0 Å². The number of hydrogen-bond acceptors (Lipinski definition) is 1. The number of halogens is 4. The number of hydrogen-bond donors (Lipinski definition) is 0. The van der Waals surface area contributed by atoms with Crippen LogP contribution < -0.4 is 0 Å². The molecule has 0 aliphatic rings. The Balaban J connectivity index is 2.95. The molecule has 5 heteroatoms. The van der Waals surface area contributed by atoms with Crippen LogP contribution in [0.5, 0.6) is 0 Å². The predicted molar refractivity (Wildman–Crippen MR) is 53.2 cm³/mol. The van der Waals surface area contributed by atoms with Crippen molar-refractivity contribution < 1.29 is 13.2 Å². The fourth-order valence-electron chi connectivity index (χ4n) is 1.21. The molecule has 0 saturated heterocycles. The maximum Gasteiger partial charge on any atom is 0.390 e. The van der Waals surface area contributed by atoms with E-state index >= 15 is 0 Å². The van der Waals surface area contributed by atoms with Gasteiger partial charge in [-0.05, 0) is 11.6 Å². The first-order valence-corrected chi connectivity index (χ1v) is 4.94. The topological polar surface area (TPSA) is 23.8 Å². The zero-order valence-electron chi connectivity index (χ0n) is 7.55. The molecule has 0 aliphatic heterocycles. The molecule has 0 N–H and O–H groups in total. The Morgan fingerprint density at radius 1 is 1.33 bits per heavy atom. The van der Waals surface area contributed by atoms with Crippen LogP contribution in [0, 0.1) is 11.3 Å². The highest BCUT2D eigenvalue weighted by Crippen LogP contribution is 2.33. The monoisotopic (exact) mass is 277 g/mol. The summed E-state index contributed by atoms with van der Waals surface area (Å²) in [5.41, 5.74) is 0.373. The highest BCUT2D eigenvalue weighted by Gasteiger charge is 2.33. The van der Waals surface area contributed by atoms with Crippen molar-refractivity contribution in [2.24, 2.45) is 0 Å². The normalized spacial score (nSPS) is 13.3. The standard InChI is InChI=1S/C10H7BrF3N/c11-9-4-2-1-3-8(9)7(6-15)5-10(12,13)14/h1-4,7H,5H2. The van der Waals surface area contributed by atoms with Crippen molar-refractivity contribution in [1.82, 2.24) is 0 Å². The molecule has 1 atom stereocenters. The van der Waals surface area contributed by atoms with Gasteiger partial charge in [-0.3, -0.25) is 0 Å². The lowest BCUT2D eigenvalue weighted by Gasteiger charge is -2.13. The Kier molecular flexibility index (Phi) is 3.75. The van der Waals surface area contributed by atoms with Gasteiger partial charge in [-0.25, -0.2) is 0 Å². The van der Waals surface area contributed by atoms with E-state index in [1.54, 1.807) is 24.3 Å². The number of benzene rings is 1. The molecule has 1 rings (SSSR count). The lowest BCUT2D eigenvalue weighted by Crippen LogP contribution is -2.13. The van der Waals surface area contributed by atoms with Crippen LogP contribution in [0.1, 0.15) is 17.9 Å². The van der Waals surface area contributed by atoms with Crippen molar-refractivity contribution in [1.29, 1.82) is 5.26 Å². The zero-order chi connectivity index (χ0) is 11.5. The fraction of sp³-hybridized carbons (Fsp3) is 0.300. The van der Waals surface area contributed by atoms with E-state index in [-0.39, 0.29) is 0 Å². The second-order valence-corrected chi connectivity index (χ2v) is 3.88. The first-order valence-electron chi connectivity index (χ1n) is 4.15. The number of rotatable bonds is 2. The summed E-state index contributed by atoms with van der Waals surface area (Å²) >= 11 is 3.13. The van der Waals surface area contributed by atoms with Gasteiger partial charge in [0, 0.05) is 4.47 Å². The van der Waals surface area contributed by atoms with Crippen LogP contribution in [0.15, 0.2) is 28.7 Å². The highest BCUT2D eigenvalue weighted by molar-refractivity contribution is 9.10. The summed E-state index contributed by atoms with van der Waals surface area (Å²) in [7, 11) is 0. The number of alkyl halides is 3. The quantitative estimate of drug-likeness (QED) is 0.801. The molecule has 80 valence electrons. The van der Waals surface area contributed by atoms with Gasteiger partial charge in [0.1, 0.15) is 0 Å². The van der Waals surface area contributed by atoms with Gasteiger partial charge < -0.3 is 0 Å². The van der Waals surface area contributed by atoms with Gasteiger partial charge >= 0.3 is 6.18 Å². The van der Waals surface area contributed by atoms with E-state index in [4.69, 9.17) is 5.26 Å². The predicted octanol–water partition coefficient (Wildman–Crippen LogP) is 4.01. The van der Waals surface area contributed by atoms with E-state index < -0.39 is 18.5 Å². The van der Waals surface area contributed by atoms with Gasteiger partial charge in [-0.15, -0.1) is 0 Å². The molecular weight excluding hydrogens is 271 g/mol. The molecule has 0 fully saturated rings. The molecule has 0 amide bonds. The lowest BCUT2D eigenvalue weighted by atomic mass is 9.97. The Morgan fingerprint density at radius 3 is 2.40 bits per heavy atom.